The molecule has 0 bridgehead atoms. The molecule has 0 aliphatic carbocycles. The van der Waals surface area contributed by atoms with E-state index in [1.807, 2.05) is 41.5 Å². The van der Waals surface area contributed by atoms with E-state index in [0.29, 0.717) is 6.42 Å². The Labute approximate surface area is 121 Å². The lowest BCUT2D eigenvalue weighted by molar-refractivity contribution is -0.140. The molecule has 1 aliphatic rings. The summed E-state index contributed by atoms with van der Waals surface area (Å²) in [6.07, 6.45) is 1.02. The van der Waals surface area contributed by atoms with Crippen molar-refractivity contribution >= 4 is 17.6 Å². The third-order valence-corrected chi connectivity index (χ3v) is 3.63. The average molecular weight is 281 g/mol. The summed E-state index contributed by atoms with van der Waals surface area (Å²) >= 11 is 0. The molecule has 4 heteroatoms. The quantitative estimate of drug-likeness (QED) is 0.745. The van der Waals surface area contributed by atoms with Gasteiger partial charge in [0.15, 0.2) is 0 Å². The Morgan fingerprint density at radius 2 is 1.70 bits per heavy atom. The number of hydrogen-bond donors (Lipinski definition) is 0. The first kappa shape index (κ1) is 16.9. The van der Waals surface area contributed by atoms with Crippen LogP contribution in [0.4, 0.5) is 0 Å². The highest BCUT2D eigenvalue weighted by Gasteiger charge is 2.44. The molecule has 1 fully saturated rings. The van der Waals surface area contributed by atoms with E-state index in [1.54, 1.807) is 0 Å². The Morgan fingerprint density at radius 1 is 1.15 bits per heavy atom. The number of Topliss-reactive ketones (excluding diaryl/α,β-unsaturated/α-hetero) is 1. The van der Waals surface area contributed by atoms with Crippen molar-refractivity contribution in [3.63, 3.8) is 0 Å². The number of amides is 2. The van der Waals surface area contributed by atoms with Gasteiger partial charge in [-0.15, -0.1) is 0 Å². The summed E-state index contributed by atoms with van der Waals surface area (Å²) in [5.74, 6) is -0.408. The lowest BCUT2D eigenvalue weighted by Gasteiger charge is -2.25. The van der Waals surface area contributed by atoms with Gasteiger partial charge in [0, 0.05) is 25.8 Å². The minimum absolute atomic E-state index is 0.0515. The zero-order valence-corrected chi connectivity index (χ0v) is 13.6. The van der Waals surface area contributed by atoms with E-state index in [9.17, 15) is 14.4 Å². The van der Waals surface area contributed by atoms with Crippen molar-refractivity contribution in [1.82, 2.24) is 4.90 Å². The number of carbonyl (C=O) groups is 3. The van der Waals surface area contributed by atoms with Crippen molar-refractivity contribution in [2.24, 2.45) is 16.7 Å². The molecule has 0 aromatic carbocycles. The molecule has 1 aliphatic heterocycles. The number of ketones is 1. The zero-order valence-electron chi connectivity index (χ0n) is 13.6. The zero-order chi connectivity index (χ0) is 15.7. The number of likely N-dealkylation sites (tertiary alicyclic amines) is 1. The smallest absolute Gasteiger partial charge is 0.233 e. The van der Waals surface area contributed by atoms with E-state index in [2.05, 4.69) is 0 Å². The van der Waals surface area contributed by atoms with Crippen LogP contribution in [0, 0.1) is 16.7 Å². The van der Waals surface area contributed by atoms with Crippen molar-refractivity contribution in [1.29, 1.82) is 0 Å². The minimum Gasteiger partial charge on any atom is -0.300 e. The second-order valence-electron chi connectivity index (χ2n) is 8.03. The van der Waals surface area contributed by atoms with Gasteiger partial charge >= 0.3 is 0 Å². The van der Waals surface area contributed by atoms with Gasteiger partial charge in [-0.05, 0) is 10.8 Å². The van der Waals surface area contributed by atoms with Crippen LogP contribution in [0.2, 0.25) is 0 Å². The topological polar surface area (TPSA) is 54.5 Å². The van der Waals surface area contributed by atoms with Crippen LogP contribution in [0.25, 0.3) is 0 Å². The van der Waals surface area contributed by atoms with Gasteiger partial charge in [-0.25, -0.2) is 0 Å². The third kappa shape index (κ3) is 4.43. The summed E-state index contributed by atoms with van der Waals surface area (Å²) in [6, 6.07) is 0. The number of hydrogen-bond acceptors (Lipinski definition) is 3. The summed E-state index contributed by atoms with van der Waals surface area (Å²) in [5.41, 5.74) is -0.263. The third-order valence-electron chi connectivity index (χ3n) is 3.63. The van der Waals surface area contributed by atoms with Crippen LogP contribution in [-0.2, 0) is 14.4 Å². The first-order valence-corrected chi connectivity index (χ1v) is 7.28. The summed E-state index contributed by atoms with van der Waals surface area (Å²) < 4.78 is 0. The van der Waals surface area contributed by atoms with Crippen molar-refractivity contribution in [3.8, 4) is 0 Å². The number of imide groups is 1. The van der Waals surface area contributed by atoms with Gasteiger partial charge in [0.25, 0.3) is 0 Å². The maximum Gasteiger partial charge on any atom is 0.233 e. The van der Waals surface area contributed by atoms with Gasteiger partial charge in [-0.1, -0.05) is 41.5 Å². The van der Waals surface area contributed by atoms with Crippen LogP contribution in [0.3, 0.4) is 0 Å². The highest BCUT2D eigenvalue weighted by Crippen LogP contribution is 2.35. The van der Waals surface area contributed by atoms with Gasteiger partial charge in [0.2, 0.25) is 11.8 Å². The largest absolute Gasteiger partial charge is 0.300 e. The van der Waals surface area contributed by atoms with Crippen molar-refractivity contribution in [3.05, 3.63) is 0 Å². The second kappa shape index (κ2) is 5.66. The van der Waals surface area contributed by atoms with Crippen LogP contribution in [0.5, 0.6) is 0 Å². The van der Waals surface area contributed by atoms with Crippen LogP contribution >= 0.6 is 0 Å². The molecule has 2 amide bonds. The first-order chi connectivity index (χ1) is 8.92. The molecule has 1 rings (SSSR count). The predicted octanol–water partition coefficient (Wildman–Crippen LogP) is 2.80. The molecule has 0 saturated carbocycles. The number of rotatable bonds is 4. The SMILES string of the molecule is CC(C)(C)CC(=O)CCN1C(=O)CC(C(C)(C)C)C1=O. The molecule has 4 nitrogen and oxygen atoms in total. The number of carbonyl (C=O) groups excluding carboxylic acids is 3. The molecule has 0 N–H and O–H groups in total. The van der Waals surface area contributed by atoms with Gasteiger partial charge < -0.3 is 0 Å². The molecule has 1 atom stereocenters. The molecule has 1 heterocycles. The van der Waals surface area contributed by atoms with E-state index in [1.165, 1.54) is 4.90 Å². The second-order valence-corrected chi connectivity index (χ2v) is 8.03. The van der Waals surface area contributed by atoms with Gasteiger partial charge in [0.1, 0.15) is 5.78 Å². The molecule has 0 aromatic rings. The van der Waals surface area contributed by atoms with Gasteiger partial charge in [-0.2, -0.15) is 0 Å². The summed E-state index contributed by atoms with van der Waals surface area (Å²) in [7, 11) is 0. The Kier molecular flexibility index (Phi) is 4.78. The maximum atomic E-state index is 12.3. The first-order valence-electron chi connectivity index (χ1n) is 7.28. The Balaban J connectivity index is 2.59. The summed E-state index contributed by atoms with van der Waals surface area (Å²) in [5, 5.41) is 0. The van der Waals surface area contributed by atoms with Crippen LogP contribution in [-0.4, -0.2) is 29.0 Å². The van der Waals surface area contributed by atoms with Crippen LogP contribution in [0.1, 0.15) is 60.8 Å². The van der Waals surface area contributed by atoms with E-state index in [-0.39, 0.29) is 53.7 Å². The van der Waals surface area contributed by atoms with E-state index in [0.717, 1.165) is 0 Å². The lowest BCUT2D eigenvalue weighted by Crippen LogP contribution is -2.35. The van der Waals surface area contributed by atoms with Crippen LogP contribution in [0.15, 0.2) is 0 Å². The predicted molar refractivity (Wildman–Crippen MR) is 78.0 cm³/mol. The summed E-state index contributed by atoms with van der Waals surface area (Å²) in [6.45, 7) is 12.2. The molecule has 20 heavy (non-hydrogen) atoms. The standard InChI is InChI=1S/C16H27NO3/c1-15(2,3)10-11(18)7-8-17-13(19)9-12(14(17)20)16(4,5)6/h12H,7-10H2,1-6H3. The highest BCUT2D eigenvalue weighted by atomic mass is 16.2. The molecular weight excluding hydrogens is 254 g/mol. The molecule has 0 aromatic heterocycles. The monoisotopic (exact) mass is 281 g/mol. The summed E-state index contributed by atoms with van der Waals surface area (Å²) in [4.78, 5) is 37.3. The van der Waals surface area contributed by atoms with Crippen molar-refractivity contribution in [2.75, 3.05) is 6.54 Å². The highest BCUT2D eigenvalue weighted by molar-refractivity contribution is 6.04. The van der Waals surface area contributed by atoms with E-state index >= 15 is 0 Å². The minimum atomic E-state index is -0.257. The van der Waals surface area contributed by atoms with Crippen molar-refractivity contribution < 1.29 is 14.4 Å². The molecular formula is C16H27NO3. The molecule has 0 radical (unpaired) electrons. The number of nitrogens with zero attached hydrogens (tertiary/aromatic N) is 1. The average Bonchev–Trinajstić information content (AvgIpc) is 2.49. The normalized spacial score (nSPS) is 20.7. The fourth-order valence-electron chi connectivity index (χ4n) is 2.51. The van der Waals surface area contributed by atoms with E-state index < -0.39 is 0 Å². The Bertz CT molecular complexity index is 412. The van der Waals surface area contributed by atoms with Crippen LogP contribution < -0.4 is 0 Å². The fraction of sp³-hybridized carbons (Fsp3) is 0.812. The maximum absolute atomic E-state index is 12.3. The lowest BCUT2D eigenvalue weighted by atomic mass is 9.80. The molecule has 1 saturated heterocycles. The van der Waals surface area contributed by atoms with Gasteiger partial charge in [0.05, 0.1) is 5.92 Å². The Morgan fingerprint density at radius 3 is 2.10 bits per heavy atom. The van der Waals surface area contributed by atoms with Gasteiger partial charge in [-0.3, -0.25) is 19.3 Å². The fourth-order valence-corrected chi connectivity index (χ4v) is 2.51. The molecule has 0 spiro atoms. The van der Waals surface area contributed by atoms with E-state index in [4.69, 9.17) is 0 Å². The Hall–Kier alpha value is -1.19. The molecule has 114 valence electrons. The molecule has 1 unspecified atom stereocenters. The van der Waals surface area contributed by atoms with Crippen molar-refractivity contribution in [2.45, 2.75) is 60.8 Å².